The lowest BCUT2D eigenvalue weighted by Gasteiger charge is -2.20. The van der Waals surface area contributed by atoms with Gasteiger partial charge in [-0.3, -0.25) is 0 Å². The molecule has 0 radical (unpaired) electrons. The zero-order valence-corrected chi connectivity index (χ0v) is 13.6. The van der Waals surface area contributed by atoms with Crippen LogP contribution in [0.15, 0.2) is 27.2 Å². The van der Waals surface area contributed by atoms with Gasteiger partial charge < -0.3 is 15.2 Å². The lowest BCUT2D eigenvalue weighted by molar-refractivity contribution is 0.278. The first kappa shape index (κ1) is 16.1. The number of nitrogens with zero attached hydrogens (tertiary/aromatic N) is 3. The second-order valence-electron chi connectivity index (χ2n) is 4.65. The first-order valence-corrected chi connectivity index (χ1v) is 7.62. The number of halogens is 2. The molecule has 1 aromatic heterocycles. The van der Waals surface area contributed by atoms with Crippen molar-refractivity contribution in [1.82, 2.24) is 15.0 Å². The minimum Gasteiger partial charge on any atom is -0.334 e. The number of benzene rings is 1. The Labute approximate surface area is 131 Å². The van der Waals surface area contributed by atoms with E-state index in [0.717, 1.165) is 13.1 Å². The van der Waals surface area contributed by atoms with Crippen molar-refractivity contribution in [2.45, 2.75) is 19.9 Å². The van der Waals surface area contributed by atoms with E-state index in [1.54, 1.807) is 12.1 Å². The van der Waals surface area contributed by atoms with E-state index in [-0.39, 0.29) is 17.7 Å². The highest BCUT2D eigenvalue weighted by Gasteiger charge is 2.19. The number of rotatable bonds is 6. The SMILES string of the molecule is CCN(CC)CC(N)c1noc(-c2cccc(F)c2Br)n1. The molecule has 2 N–H and O–H groups in total. The van der Waals surface area contributed by atoms with E-state index in [2.05, 4.69) is 44.8 Å². The second-order valence-corrected chi connectivity index (χ2v) is 5.44. The van der Waals surface area contributed by atoms with Crippen LogP contribution in [-0.2, 0) is 0 Å². The fourth-order valence-corrected chi connectivity index (χ4v) is 2.44. The summed E-state index contributed by atoms with van der Waals surface area (Å²) >= 11 is 3.18. The number of likely N-dealkylation sites (N-methyl/N-ethyl adjacent to an activating group) is 1. The predicted octanol–water partition coefficient (Wildman–Crippen LogP) is 2.98. The van der Waals surface area contributed by atoms with Crippen LogP contribution in [0, 0.1) is 5.82 Å². The molecule has 114 valence electrons. The van der Waals surface area contributed by atoms with E-state index >= 15 is 0 Å². The molecule has 0 aliphatic rings. The van der Waals surface area contributed by atoms with Crippen molar-refractivity contribution in [3.05, 3.63) is 34.3 Å². The molecule has 5 nitrogen and oxygen atoms in total. The maximum Gasteiger partial charge on any atom is 0.259 e. The van der Waals surface area contributed by atoms with Crippen molar-refractivity contribution in [3.8, 4) is 11.5 Å². The number of hydrogen-bond donors (Lipinski definition) is 1. The summed E-state index contributed by atoms with van der Waals surface area (Å²) in [4.78, 5) is 6.46. The Morgan fingerprint density at radius 1 is 1.38 bits per heavy atom. The molecule has 7 heteroatoms. The molecule has 2 rings (SSSR count). The molecular formula is C14H18BrFN4O. The van der Waals surface area contributed by atoms with Gasteiger partial charge in [0.1, 0.15) is 5.82 Å². The van der Waals surface area contributed by atoms with Crippen LogP contribution >= 0.6 is 15.9 Å². The highest BCUT2D eigenvalue weighted by atomic mass is 79.9. The maximum absolute atomic E-state index is 13.5. The van der Waals surface area contributed by atoms with Gasteiger partial charge in [-0.2, -0.15) is 4.98 Å². The van der Waals surface area contributed by atoms with E-state index in [0.29, 0.717) is 22.4 Å². The third-order valence-electron chi connectivity index (χ3n) is 3.30. The molecule has 0 spiro atoms. The van der Waals surface area contributed by atoms with Crippen molar-refractivity contribution in [3.63, 3.8) is 0 Å². The van der Waals surface area contributed by atoms with Gasteiger partial charge in [0, 0.05) is 6.54 Å². The Morgan fingerprint density at radius 2 is 2.10 bits per heavy atom. The summed E-state index contributed by atoms with van der Waals surface area (Å²) in [7, 11) is 0. The fourth-order valence-electron chi connectivity index (χ4n) is 2.01. The van der Waals surface area contributed by atoms with Gasteiger partial charge in [0.05, 0.1) is 16.1 Å². The van der Waals surface area contributed by atoms with Gasteiger partial charge in [0.15, 0.2) is 5.82 Å². The van der Waals surface area contributed by atoms with Gasteiger partial charge in [0.2, 0.25) is 0 Å². The lowest BCUT2D eigenvalue weighted by Crippen LogP contribution is -2.32. The van der Waals surface area contributed by atoms with Crippen LogP contribution in [0.5, 0.6) is 0 Å². The number of nitrogens with two attached hydrogens (primary N) is 1. The summed E-state index contributed by atoms with van der Waals surface area (Å²) in [5.74, 6) is 0.305. The topological polar surface area (TPSA) is 68.2 Å². The van der Waals surface area contributed by atoms with Gasteiger partial charge in [-0.1, -0.05) is 25.1 Å². The average Bonchev–Trinajstić information content (AvgIpc) is 2.97. The smallest absolute Gasteiger partial charge is 0.259 e. The standard InChI is InChI=1S/C14H18BrFN4O/c1-3-20(4-2)8-11(17)13-18-14(21-19-13)9-6-5-7-10(16)12(9)15/h5-7,11H,3-4,8,17H2,1-2H3. The molecule has 0 aliphatic carbocycles. The van der Waals surface area contributed by atoms with Crippen LogP contribution in [-0.4, -0.2) is 34.7 Å². The molecule has 21 heavy (non-hydrogen) atoms. The normalized spacial score (nSPS) is 12.9. The Morgan fingerprint density at radius 3 is 2.76 bits per heavy atom. The zero-order chi connectivity index (χ0) is 15.4. The van der Waals surface area contributed by atoms with Crippen molar-refractivity contribution in [2.75, 3.05) is 19.6 Å². The summed E-state index contributed by atoms with van der Waals surface area (Å²) in [5.41, 5.74) is 6.61. The lowest BCUT2D eigenvalue weighted by atomic mass is 10.2. The zero-order valence-electron chi connectivity index (χ0n) is 12.0. The molecular weight excluding hydrogens is 339 g/mol. The third kappa shape index (κ3) is 3.66. The van der Waals surface area contributed by atoms with Crippen molar-refractivity contribution < 1.29 is 8.91 Å². The number of hydrogen-bond acceptors (Lipinski definition) is 5. The van der Waals surface area contributed by atoms with Crippen molar-refractivity contribution in [1.29, 1.82) is 0 Å². The highest BCUT2D eigenvalue weighted by molar-refractivity contribution is 9.10. The van der Waals surface area contributed by atoms with Crippen LogP contribution in [0.2, 0.25) is 0 Å². The first-order valence-electron chi connectivity index (χ1n) is 6.82. The predicted molar refractivity (Wildman–Crippen MR) is 82.1 cm³/mol. The summed E-state index contributed by atoms with van der Waals surface area (Å²) in [6.45, 7) is 6.61. The fraction of sp³-hybridized carbons (Fsp3) is 0.429. The van der Waals surface area contributed by atoms with E-state index in [4.69, 9.17) is 10.3 Å². The van der Waals surface area contributed by atoms with Crippen LogP contribution < -0.4 is 5.73 Å². The van der Waals surface area contributed by atoms with E-state index < -0.39 is 0 Å². The van der Waals surface area contributed by atoms with Crippen LogP contribution in [0.3, 0.4) is 0 Å². The minimum atomic E-state index is -0.375. The monoisotopic (exact) mass is 356 g/mol. The Bertz CT molecular complexity index is 600. The molecule has 0 bridgehead atoms. The molecule has 0 aliphatic heterocycles. The summed E-state index contributed by atoms with van der Waals surface area (Å²) in [5, 5.41) is 3.90. The molecule has 1 heterocycles. The largest absolute Gasteiger partial charge is 0.334 e. The van der Waals surface area contributed by atoms with Crippen LogP contribution in [0.1, 0.15) is 25.7 Å². The van der Waals surface area contributed by atoms with Crippen LogP contribution in [0.25, 0.3) is 11.5 Å². The molecule has 0 saturated heterocycles. The van der Waals surface area contributed by atoms with E-state index in [1.165, 1.54) is 6.07 Å². The minimum absolute atomic E-state index is 0.256. The van der Waals surface area contributed by atoms with Crippen LogP contribution in [0.4, 0.5) is 4.39 Å². The Kier molecular flexibility index (Phi) is 5.44. The van der Waals surface area contributed by atoms with Crippen molar-refractivity contribution >= 4 is 15.9 Å². The number of aromatic nitrogens is 2. The van der Waals surface area contributed by atoms with Gasteiger partial charge in [0.25, 0.3) is 5.89 Å². The van der Waals surface area contributed by atoms with Gasteiger partial charge in [-0.05, 0) is 41.2 Å². The van der Waals surface area contributed by atoms with Gasteiger partial charge >= 0.3 is 0 Å². The third-order valence-corrected chi connectivity index (χ3v) is 4.11. The molecule has 0 fully saturated rings. The summed E-state index contributed by atoms with van der Waals surface area (Å²) in [6.07, 6.45) is 0. The Balaban J connectivity index is 2.19. The quantitative estimate of drug-likeness (QED) is 0.861. The second kappa shape index (κ2) is 7.11. The maximum atomic E-state index is 13.5. The molecule has 1 unspecified atom stereocenters. The first-order chi connectivity index (χ1) is 10.1. The molecule has 0 amide bonds. The van der Waals surface area contributed by atoms with Gasteiger partial charge in [-0.15, -0.1) is 0 Å². The highest BCUT2D eigenvalue weighted by Crippen LogP contribution is 2.29. The molecule has 2 aromatic rings. The summed E-state index contributed by atoms with van der Waals surface area (Å²) in [6, 6.07) is 4.32. The summed E-state index contributed by atoms with van der Waals surface area (Å²) < 4.78 is 19.0. The molecule has 1 atom stereocenters. The van der Waals surface area contributed by atoms with Gasteiger partial charge in [-0.25, -0.2) is 4.39 Å². The molecule has 1 aromatic carbocycles. The van der Waals surface area contributed by atoms with Crippen molar-refractivity contribution in [2.24, 2.45) is 5.73 Å². The molecule has 0 saturated carbocycles. The average molecular weight is 357 g/mol. The Hall–Kier alpha value is -1.31. The van der Waals surface area contributed by atoms with E-state index in [1.807, 2.05) is 0 Å². The van der Waals surface area contributed by atoms with E-state index in [9.17, 15) is 4.39 Å².